The number of anilines is 1. The summed E-state index contributed by atoms with van der Waals surface area (Å²) in [5, 5.41) is 13.9. The number of nitrogens with one attached hydrogen (secondary N) is 1. The summed E-state index contributed by atoms with van der Waals surface area (Å²) >= 11 is 1.23. The van der Waals surface area contributed by atoms with Crippen molar-refractivity contribution in [2.24, 2.45) is 4.99 Å². The standard InChI is InChI=1S/C37H32N4O7S/c1-4-47-31-19-25(15-18-30(31)48-22-24-13-16-28(17-14-24)41(44)45)20-32-36(43)40-34(26-9-8-12-29(21-26)46-3)33(23(2)38-37(40)49-32)35(42)39-27-10-6-5-7-11-27/h5-21,34H,4,22H2,1-3H3,(H,39,42)/b32-20-/t34-/m1/s1. The van der Waals surface area contributed by atoms with Gasteiger partial charge in [-0.25, -0.2) is 4.99 Å². The first-order chi connectivity index (χ1) is 23.7. The Bertz CT molecular complexity index is 2240. The van der Waals surface area contributed by atoms with E-state index in [0.717, 1.165) is 5.56 Å². The molecule has 6 rings (SSSR count). The Balaban J connectivity index is 1.37. The number of para-hydroxylation sites is 1. The fourth-order valence-electron chi connectivity index (χ4n) is 5.49. The third-order valence-electron chi connectivity index (χ3n) is 7.81. The van der Waals surface area contributed by atoms with Crippen LogP contribution in [0.5, 0.6) is 17.2 Å². The summed E-state index contributed by atoms with van der Waals surface area (Å²) in [5.41, 5.74) is 3.35. The van der Waals surface area contributed by atoms with Gasteiger partial charge in [-0.1, -0.05) is 47.7 Å². The van der Waals surface area contributed by atoms with Gasteiger partial charge >= 0.3 is 0 Å². The molecule has 0 saturated carbocycles. The number of fused-ring (bicyclic) bond motifs is 1. The summed E-state index contributed by atoms with van der Waals surface area (Å²) in [6.45, 7) is 4.19. The van der Waals surface area contributed by atoms with Crippen LogP contribution in [0.15, 0.2) is 118 Å². The molecule has 1 atom stereocenters. The summed E-state index contributed by atoms with van der Waals surface area (Å²) in [5.74, 6) is 1.20. The van der Waals surface area contributed by atoms with Crippen LogP contribution in [0.2, 0.25) is 0 Å². The fourth-order valence-corrected chi connectivity index (χ4v) is 6.53. The minimum Gasteiger partial charge on any atom is -0.497 e. The molecule has 12 heteroatoms. The summed E-state index contributed by atoms with van der Waals surface area (Å²) < 4.78 is 19.3. The third-order valence-corrected chi connectivity index (χ3v) is 8.80. The lowest BCUT2D eigenvalue weighted by molar-refractivity contribution is -0.384. The topological polar surface area (TPSA) is 134 Å². The van der Waals surface area contributed by atoms with E-state index in [9.17, 15) is 19.7 Å². The van der Waals surface area contributed by atoms with Gasteiger partial charge in [0.05, 0.1) is 40.5 Å². The first-order valence-corrected chi connectivity index (χ1v) is 16.2. The second kappa shape index (κ2) is 14.4. The molecule has 1 N–H and O–H groups in total. The molecule has 2 heterocycles. The maximum absolute atomic E-state index is 14.2. The van der Waals surface area contributed by atoms with Crippen LogP contribution in [0, 0.1) is 10.1 Å². The average molecular weight is 677 g/mol. The molecule has 1 aromatic heterocycles. The van der Waals surface area contributed by atoms with Crippen molar-refractivity contribution in [3.63, 3.8) is 0 Å². The van der Waals surface area contributed by atoms with Crippen LogP contribution >= 0.6 is 11.3 Å². The Hall–Kier alpha value is -6.01. The molecule has 11 nitrogen and oxygen atoms in total. The predicted molar refractivity (Wildman–Crippen MR) is 187 cm³/mol. The molecule has 1 aliphatic heterocycles. The number of nitrogens with zero attached hydrogens (tertiary/aromatic N) is 3. The van der Waals surface area contributed by atoms with Crippen molar-refractivity contribution in [2.75, 3.05) is 19.0 Å². The van der Waals surface area contributed by atoms with Crippen molar-refractivity contribution in [1.29, 1.82) is 0 Å². The molecule has 0 spiro atoms. The third kappa shape index (κ3) is 7.14. The number of ether oxygens (including phenoxy) is 3. The molecule has 1 amide bonds. The summed E-state index contributed by atoms with van der Waals surface area (Å²) in [6, 6.07) is 27.2. The van der Waals surface area contributed by atoms with Gasteiger partial charge in [-0.05, 0) is 85.1 Å². The van der Waals surface area contributed by atoms with Gasteiger partial charge in [0, 0.05) is 17.8 Å². The number of allylic oxidation sites excluding steroid dienone is 1. The Morgan fingerprint density at radius 1 is 1.00 bits per heavy atom. The smallest absolute Gasteiger partial charge is 0.271 e. The Morgan fingerprint density at radius 3 is 2.49 bits per heavy atom. The molecule has 49 heavy (non-hydrogen) atoms. The Kier molecular flexibility index (Phi) is 9.67. The van der Waals surface area contributed by atoms with Gasteiger partial charge in [0.1, 0.15) is 12.4 Å². The number of methoxy groups -OCH3 is 1. The number of aromatic nitrogens is 1. The molecule has 0 aliphatic carbocycles. The van der Waals surface area contributed by atoms with Gasteiger partial charge in [-0.15, -0.1) is 0 Å². The zero-order valence-electron chi connectivity index (χ0n) is 26.9. The average Bonchev–Trinajstić information content (AvgIpc) is 3.41. The van der Waals surface area contributed by atoms with E-state index >= 15 is 0 Å². The van der Waals surface area contributed by atoms with E-state index in [0.29, 0.717) is 61.3 Å². The van der Waals surface area contributed by atoms with E-state index in [2.05, 4.69) is 5.32 Å². The number of hydrogen-bond acceptors (Lipinski definition) is 9. The predicted octanol–water partition coefficient (Wildman–Crippen LogP) is 5.77. The van der Waals surface area contributed by atoms with Gasteiger partial charge in [-0.3, -0.25) is 24.3 Å². The number of nitro groups is 1. The monoisotopic (exact) mass is 676 g/mol. The molecule has 4 aromatic carbocycles. The molecular formula is C37H32N4O7S. The van der Waals surface area contributed by atoms with Crippen molar-refractivity contribution >= 4 is 34.7 Å². The van der Waals surface area contributed by atoms with E-state index in [1.165, 1.54) is 23.5 Å². The lowest BCUT2D eigenvalue weighted by Crippen LogP contribution is -2.40. The summed E-state index contributed by atoms with van der Waals surface area (Å²) in [4.78, 5) is 43.7. The highest BCUT2D eigenvalue weighted by Crippen LogP contribution is 2.33. The number of benzene rings is 4. The molecule has 0 fully saturated rings. The molecular weight excluding hydrogens is 644 g/mol. The van der Waals surface area contributed by atoms with Crippen molar-refractivity contribution in [2.45, 2.75) is 26.5 Å². The highest BCUT2D eigenvalue weighted by Gasteiger charge is 2.32. The number of non-ortho nitro benzene ring substituents is 1. The SMILES string of the molecule is CCOc1cc(/C=c2\sc3n(c2=O)[C@H](c2cccc(OC)c2)C(C(=O)Nc2ccccc2)=C(C)N=3)ccc1OCc1ccc([N+](=O)[O-])cc1. The van der Waals surface area contributed by atoms with Crippen molar-refractivity contribution < 1.29 is 23.9 Å². The maximum Gasteiger partial charge on any atom is 0.271 e. The van der Waals surface area contributed by atoms with Crippen LogP contribution in [-0.4, -0.2) is 29.1 Å². The van der Waals surface area contributed by atoms with Crippen molar-refractivity contribution in [3.8, 4) is 17.2 Å². The molecule has 0 saturated heterocycles. The molecule has 0 unspecified atom stereocenters. The normalized spacial score (nSPS) is 14.1. The largest absolute Gasteiger partial charge is 0.497 e. The number of rotatable bonds is 11. The zero-order valence-corrected chi connectivity index (χ0v) is 27.7. The first-order valence-electron chi connectivity index (χ1n) is 15.4. The first kappa shape index (κ1) is 32.9. The van der Waals surface area contributed by atoms with Gasteiger partial charge in [0.25, 0.3) is 17.2 Å². The summed E-state index contributed by atoms with van der Waals surface area (Å²) in [6.07, 6.45) is 1.76. The van der Waals surface area contributed by atoms with Crippen LogP contribution < -0.4 is 34.4 Å². The Morgan fingerprint density at radius 2 is 1.78 bits per heavy atom. The van der Waals surface area contributed by atoms with Crippen LogP contribution in [0.1, 0.15) is 36.6 Å². The van der Waals surface area contributed by atoms with Crippen molar-refractivity contribution in [1.82, 2.24) is 4.57 Å². The molecule has 248 valence electrons. The zero-order chi connectivity index (χ0) is 34.5. The van der Waals surface area contributed by atoms with E-state index in [-0.39, 0.29) is 23.8 Å². The van der Waals surface area contributed by atoms with E-state index in [4.69, 9.17) is 19.2 Å². The quantitative estimate of drug-likeness (QED) is 0.139. The second-order valence-corrected chi connectivity index (χ2v) is 12.0. The van der Waals surface area contributed by atoms with Gasteiger partial charge in [0.15, 0.2) is 16.3 Å². The maximum atomic E-state index is 14.2. The minimum atomic E-state index is -0.758. The minimum absolute atomic E-state index is 0.00467. The van der Waals surface area contributed by atoms with Gasteiger partial charge < -0.3 is 19.5 Å². The second-order valence-electron chi connectivity index (χ2n) is 11.0. The highest BCUT2D eigenvalue weighted by molar-refractivity contribution is 7.07. The van der Waals surface area contributed by atoms with E-state index in [1.54, 1.807) is 61.1 Å². The van der Waals surface area contributed by atoms with Gasteiger partial charge in [-0.2, -0.15) is 0 Å². The molecule has 0 radical (unpaired) electrons. The number of hydrogen-bond donors (Lipinski definition) is 1. The van der Waals surface area contributed by atoms with Crippen LogP contribution in [0.4, 0.5) is 11.4 Å². The van der Waals surface area contributed by atoms with Crippen LogP contribution in [-0.2, 0) is 11.4 Å². The van der Waals surface area contributed by atoms with Gasteiger partial charge in [0.2, 0.25) is 0 Å². The van der Waals surface area contributed by atoms with E-state index < -0.39 is 11.0 Å². The van der Waals surface area contributed by atoms with Crippen molar-refractivity contribution in [3.05, 3.63) is 155 Å². The number of thiazole rings is 1. The van der Waals surface area contributed by atoms with E-state index in [1.807, 2.05) is 55.5 Å². The highest BCUT2D eigenvalue weighted by atomic mass is 32.1. The van der Waals surface area contributed by atoms with Crippen LogP contribution in [0.3, 0.4) is 0 Å². The number of carbonyl (C=O) groups excluding carboxylic acids is 1. The molecule has 1 aliphatic rings. The summed E-state index contributed by atoms with van der Waals surface area (Å²) in [7, 11) is 1.57. The fraction of sp³-hybridized carbons (Fsp3) is 0.162. The number of carbonyl (C=O) groups is 1. The lowest BCUT2D eigenvalue weighted by atomic mass is 9.95. The lowest BCUT2D eigenvalue weighted by Gasteiger charge is -2.25. The molecule has 0 bridgehead atoms. The Labute approximate surface area is 285 Å². The molecule has 5 aromatic rings. The number of amides is 1. The number of nitro benzene ring substituents is 1. The van der Waals surface area contributed by atoms with Crippen LogP contribution in [0.25, 0.3) is 6.08 Å².